The molecule has 0 spiro atoms. The molecule has 0 heterocycles. The lowest BCUT2D eigenvalue weighted by molar-refractivity contribution is -0.120. The Morgan fingerprint density at radius 2 is 2.06 bits per heavy atom. The molecular formula is C13H21N3O. The van der Waals surface area contributed by atoms with Crippen LogP contribution in [-0.4, -0.2) is 25.0 Å². The van der Waals surface area contributed by atoms with Crippen LogP contribution < -0.4 is 16.0 Å². The predicted molar refractivity (Wildman–Crippen MR) is 72.0 cm³/mol. The van der Waals surface area contributed by atoms with E-state index >= 15 is 0 Å². The Labute approximate surface area is 103 Å². The fourth-order valence-corrected chi connectivity index (χ4v) is 1.68. The first-order chi connectivity index (χ1) is 8.04. The number of nitrogens with one attached hydrogen (secondary N) is 1. The number of carbonyl (C=O) groups is 1. The number of nitrogen functional groups attached to an aromatic ring is 1. The first-order valence-corrected chi connectivity index (χ1v) is 5.93. The van der Waals surface area contributed by atoms with Crippen molar-refractivity contribution in [3.63, 3.8) is 0 Å². The van der Waals surface area contributed by atoms with Gasteiger partial charge in [-0.3, -0.25) is 4.79 Å². The standard InChI is InChI=1S/C13H21N3O/c1-4-16(9-13(17)15-10(2)3)12-8-6-5-7-11(12)14/h5-8,10H,4,9,14H2,1-3H3,(H,15,17). The zero-order valence-electron chi connectivity index (χ0n) is 10.7. The number of nitrogens with two attached hydrogens (primary N) is 1. The molecule has 17 heavy (non-hydrogen) atoms. The molecule has 0 radical (unpaired) electrons. The Morgan fingerprint density at radius 1 is 1.41 bits per heavy atom. The molecule has 1 aromatic carbocycles. The average Bonchev–Trinajstić information content (AvgIpc) is 2.26. The van der Waals surface area contributed by atoms with Gasteiger partial charge in [-0.25, -0.2) is 0 Å². The van der Waals surface area contributed by atoms with Crippen molar-refractivity contribution in [2.24, 2.45) is 0 Å². The van der Waals surface area contributed by atoms with E-state index in [0.29, 0.717) is 12.2 Å². The number of carbonyl (C=O) groups excluding carboxylic acids is 1. The molecule has 0 atom stereocenters. The second kappa shape index (κ2) is 6.13. The highest BCUT2D eigenvalue weighted by molar-refractivity contribution is 5.83. The molecule has 0 aliphatic heterocycles. The molecule has 0 saturated carbocycles. The largest absolute Gasteiger partial charge is 0.397 e. The number of amides is 1. The minimum atomic E-state index is 0.0186. The van der Waals surface area contributed by atoms with Gasteiger partial charge in [-0.2, -0.15) is 0 Å². The van der Waals surface area contributed by atoms with E-state index in [1.807, 2.05) is 49.9 Å². The summed E-state index contributed by atoms with van der Waals surface area (Å²) in [7, 11) is 0. The van der Waals surface area contributed by atoms with Gasteiger partial charge in [-0.05, 0) is 32.9 Å². The number of benzene rings is 1. The smallest absolute Gasteiger partial charge is 0.239 e. The highest BCUT2D eigenvalue weighted by Gasteiger charge is 2.12. The van der Waals surface area contributed by atoms with E-state index in [2.05, 4.69) is 5.32 Å². The van der Waals surface area contributed by atoms with Gasteiger partial charge in [0.05, 0.1) is 17.9 Å². The van der Waals surface area contributed by atoms with Crippen molar-refractivity contribution in [2.75, 3.05) is 23.7 Å². The van der Waals surface area contributed by atoms with Crippen LogP contribution in [-0.2, 0) is 4.79 Å². The molecule has 0 aromatic heterocycles. The quantitative estimate of drug-likeness (QED) is 0.762. The van der Waals surface area contributed by atoms with Crippen LogP contribution in [0.25, 0.3) is 0 Å². The van der Waals surface area contributed by atoms with Crippen LogP contribution in [0.5, 0.6) is 0 Å². The molecule has 0 aliphatic carbocycles. The third-order valence-corrected chi connectivity index (χ3v) is 2.44. The molecule has 4 nitrogen and oxygen atoms in total. The normalized spacial score (nSPS) is 10.4. The first kappa shape index (κ1) is 13.4. The van der Waals surface area contributed by atoms with E-state index in [-0.39, 0.29) is 11.9 Å². The van der Waals surface area contributed by atoms with Crippen molar-refractivity contribution in [1.82, 2.24) is 5.32 Å². The zero-order valence-corrected chi connectivity index (χ0v) is 10.7. The lowest BCUT2D eigenvalue weighted by Crippen LogP contribution is -2.40. The van der Waals surface area contributed by atoms with Gasteiger partial charge in [0.1, 0.15) is 0 Å². The molecule has 0 saturated heterocycles. The van der Waals surface area contributed by atoms with Crippen LogP contribution >= 0.6 is 0 Å². The fourth-order valence-electron chi connectivity index (χ4n) is 1.68. The van der Waals surface area contributed by atoms with Crippen molar-refractivity contribution < 1.29 is 4.79 Å². The van der Waals surface area contributed by atoms with Gasteiger partial charge in [-0.15, -0.1) is 0 Å². The Morgan fingerprint density at radius 3 is 2.59 bits per heavy atom. The van der Waals surface area contributed by atoms with Crippen molar-refractivity contribution in [3.8, 4) is 0 Å². The van der Waals surface area contributed by atoms with E-state index < -0.39 is 0 Å². The van der Waals surface area contributed by atoms with E-state index in [1.54, 1.807) is 0 Å². The maximum absolute atomic E-state index is 11.7. The molecule has 94 valence electrons. The summed E-state index contributed by atoms with van der Waals surface area (Å²) in [5.41, 5.74) is 7.51. The molecule has 4 heteroatoms. The highest BCUT2D eigenvalue weighted by atomic mass is 16.2. The summed E-state index contributed by atoms with van der Waals surface area (Å²) in [6, 6.07) is 7.75. The third-order valence-electron chi connectivity index (χ3n) is 2.44. The summed E-state index contributed by atoms with van der Waals surface area (Å²) in [5.74, 6) is 0.0186. The number of hydrogen-bond donors (Lipinski definition) is 2. The summed E-state index contributed by atoms with van der Waals surface area (Å²) in [5, 5.41) is 2.88. The van der Waals surface area contributed by atoms with Gasteiger partial charge in [0.25, 0.3) is 0 Å². The van der Waals surface area contributed by atoms with Gasteiger partial charge >= 0.3 is 0 Å². The van der Waals surface area contributed by atoms with Crippen molar-refractivity contribution in [2.45, 2.75) is 26.8 Å². The minimum Gasteiger partial charge on any atom is -0.397 e. The van der Waals surface area contributed by atoms with Gasteiger partial charge < -0.3 is 16.0 Å². The third kappa shape index (κ3) is 3.98. The second-order valence-corrected chi connectivity index (χ2v) is 4.30. The second-order valence-electron chi connectivity index (χ2n) is 4.30. The van der Waals surface area contributed by atoms with E-state index in [0.717, 1.165) is 12.2 Å². The maximum Gasteiger partial charge on any atom is 0.239 e. The first-order valence-electron chi connectivity index (χ1n) is 5.93. The SMILES string of the molecule is CCN(CC(=O)NC(C)C)c1ccccc1N. The van der Waals surface area contributed by atoms with Crippen LogP contribution in [0.3, 0.4) is 0 Å². The van der Waals surface area contributed by atoms with Crippen LogP contribution in [0.1, 0.15) is 20.8 Å². The van der Waals surface area contributed by atoms with Gasteiger partial charge in [0.2, 0.25) is 5.91 Å². The number of likely N-dealkylation sites (N-methyl/N-ethyl adjacent to an activating group) is 1. The number of hydrogen-bond acceptors (Lipinski definition) is 3. The minimum absolute atomic E-state index is 0.0186. The Bertz CT molecular complexity index is 377. The van der Waals surface area contributed by atoms with Gasteiger partial charge in [-0.1, -0.05) is 12.1 Å². The monoisotopic (exact) mass is 235 g/mol. The Kier molecular flexibility index (Phi) is 4.82. The maximum atomic E-state index is 11.7. The lowest BCUT2D eigenvalue weighted by Gasteiger charge is -2.24. The molecule has 3 N–H and O–H groups in total. The summed E-state index contributed by atoms with van der Waals surface area (Å²) >= 11 is 0. The summed E-state index contributed by atoms with van der Waals surface area (Å²) < 4.78 is 0. The van der Waals surface area contributed by atoms with Gasteiger partial charge in [0, 0.05) is 12.6 Å². The number of rotatable bonds is 5. The molecule has 1 aromatic rings. The zero-order chi connectivity index (χ0) is 12.8. The van der Waals surface area contributed by atoms with Crippen molar-refractivity contribution in [3.05, 3.63) is 24.3 Å². The Balaban J connectivity index is 2.73. The molecule has 0 aliphatic rings. The van der Waals surface area contributed by atoms with Crippen molar-refractivity contribution >= 4 is 17.3 Å². The van der Waals surface area contributed by atoms with Crippen LogP contribution in [0, 0.1) is 0 Å². The summed E-state index contributed by atoms with van der Waals surface area (Å²) in [4.78, 5) is 13.7. The summed E-state index contributed by atoms with van der Waals surface area (Å²) in [6.45, 7) is 6.99. The fraction of sp³-hybridized carbons (Fsp3) is 0.462. The Hall–Kier alpha value is -1.71. The van der Waals surface area contributed by atoms with Crippen LogP contribution in [0.2, 0.25) is 0 Å². The van der Waals surface area contributed by atoms with E-state index in [9.17, 15) is 4.79 Å². The van der Waals surface area contributed by atoms with Crippen LogP contribution in [0.4, 0.5) is 11.4 Å². The van der Waals surface area contributed by atoms with Crippen molar-refractivity contribution in [1.29, 1.82) is 0 Å². The number of nitrogens with zero attached hydrogens (tertiary/aromatic N) is 1. The molecule has 1 amide bonds. The van der Waals surface area contributed by atoms with E-state index in [1.165, 1.54) is 0 Å². The average molecular weight is 235 g/mol. The van der Waals surface area contributed by atoms with Gasteiger partial charge in [0.15, 0.2) is 0 Å². The molecule has 0 unspecified atom stereocenters. The van der Waals surface area contributed by atoms with Crippen LogP contribution in [0.15, 0.2) is 24.3 Å². The highest BCUT2D eigenvalue weighted by Crippen LogP contribution is 2.21. The molecular weight excluding hydrogens is 214 g/mol. The topological polar surface area (TPSA) is 58.4 Å². The number of para-hydroxylation sites is 2. The number of anilines is 2. The molecule has 0 fully saturated rings. The summed E-state index contributed by atoms with van der Waals surface area (Å²) in [6.07, 6.45) is 0. The van der Waals surface area contributed by atoms with E-state index in [4.69, 9.17) is 5.73 Å². The molecule has 0 bridgehead atoms. The molecule has 1 rings (SSSR count). The predicted octanol–water partition coefficient (Wildman–Crippen LogP) is 1.62. The lowest BCUT2D eigenvalue weighted by atomic mass is 10.2.